The van der Waals surface area contributed by atoms with Crippen molar-refractivity contribution in [3.8, 4) is 0 Å². The number of tetrazole rings is 1. The van der Waals surface area contributed by atoms with Crippen molar-refractivity contribution in [2.45, 2.75) is 42.5 Å². The highest BCUT2D eigenvalue weighted by atomic mass is 32.2. The van der Waals surface area contributed by atoms with Crippen LogP contribution >= 0.6 is 11.8 Å². The van der Waals surface area contributed by atoms with E-state index in [4.69, 9.17) is 5.73 Å². The summed E-state index contributed by atoms with van der Waals surface area (Å²) >= 11 is 1.49. The third-order valence-electron chi connectivity index (χ3n) is 2.78. The van der Waals surface area contributed by atoms with Crippen molar-refractivity contribution in [2.24, 2.45) is 5.73 Å². The van der Waals surface area contributed by atoms with E-state index in [2.05, 4.69) is 20.5 Å². The maximum atomic E-state index is 5.67. The SMILES string of the molecule is Cc1cc(CN)cc(Sc2nnnn2C2CC2)n1. The maximum absolute atomic E-state index is 5.67. The van der Waals surface area contributed by atoms with Crippen molar-refractivity contribution in [2.75, 3.05) is 0 Å². The molecule has 1 aliphatic rings. The molecule has 2 heterocycles. The van der Waals surface area contributed by atoms with E-state index in [9.17, 15) is 0 Å². The maximum Gasteiger partial charge on any atom is 0.215 e. The summed E-state index contributed by atoms with van der Waals surface area (Å²) in [4.78, 5) is 4.48. The minimum absolute atomic E-state index is 0.473. The molecular formula is C11H14N6S. The molecule has 0 aliphatic heterocycles. The Morgan fingerprint density at radius 3 is 3.00 bits per heavy atom. The average Bonchev–Trinajstić information content (AvgIpc) is 3.10. The Hall–Kier alpha value is -1.47. The first-order valence-electron chi connectivity index (χ1n) is 5.89. The summed E-state index contributed by atoms with van der Waals surface area (Å²) in [6.07, 6.45) is 2.32. The molecule has 0 atom stereocenters. The molecule has 0 saturated heterocycles. The Bertz CT molecular complexity index is 562. The molecule has 1 fully saturated rings. The summed E-state index contributed by atoms with van der Waals surface area (Å²) < 4.78 is 1.89. The molecule has 0 aromatic carbocycles. The van der Waals surface area contributed by atoms with Gasteiger partial charge in [-0.25, -0.2) is 9.67 Å². The molecule has 18 heavy (non-hydrogen) atoms. The molecule has 0 spiro atoms. The van der Waals surface area contributed by atoms with Gasteiger partial charge in [0, 0.05) is 12.2 Å². The number of rotatable bonds is 4. The molecule has 2 aromatic heterocycles. The topological polar surface area (TPSA) is 82.5 Å². The van der Waals surface area contributed by atoms with Gasteiger partial charge in [-0.3, -0.25) is 0 Å². The van der Waals surface area contributed by atoms with Gasteiger partial charge in [0.1, 0.15) is 5.03 Å². The normalized spacial score (nSPS) is 15.0. The van der Waals surface area contributed by atoms with Gasteiger partial charge in [0.05, 0.1) is 6.04 Å². The van der Waals surface area contributed by atoms with Crippen LogP contribution in [-0.2, 0) is 6.54 Å². The molecule has 94 valence electrons. The van der Waals surface area contributed by atoms with Crippen LogP contribution in [0.4, 0.5) is 0 Å². The summed E-state index contributed by atoms with van der Waals surface area (Å²) in [5.41, 5.74) is 7.71. The van der Waals surface area contributed by atoms with Crippen molar-refractivity contribution in [1.82, 2.24) is 25.2 Å². The van der Waals surface area contributed by atoms with Gasteiger partial charge in [-0.1, -0.05) is 0 Å². The lowest BCUT2D eigenvalue weighted by Gasteiger charge is -2.05. The molecule has 7 heteroatoms. The van der Waals surface area contributed by atoms with Gasteiger partial charge in [-0.2, -0.15) is 0 Å². The van der Waals surface area contributed by atoms with Gasteiger partial charge in [0.2, 0.25) is 5.16 Å². The fraction of sp³-hybridized carbons (Fsp3) is 0.455. The molecule has 1 aliphatic carbocycles. The zero-order chi connectivity index (χ0) is 12.5. The summed E-state index contributed by atoms with van der Waals surface area (Å²) in [5.74, 6) is 0. The lowest BCUT2D eigenvalue weighted by atomic mass is 10.2. The molecule has 0 bridgehead atoms. The summed E-state index contributed by atoms with van der Waals surface area (Å²) in [6, 6.07) is 4.46. The largest absolute Gasteiger partial charge is 0.326 e. The quantitative estimate of drug-likeness (QED) is 0.894. The Balaban J connectivity index is 1.87. The number of pyridine rings is 1. The third kappa shape index (κ3) is 2.37. The van der Waals surface area contributed by atoms with Gasteiger partial charge in [-0.05, 0) is 59.7 Å². The standard InChI is InChI=1S/C11H14N6S/c1-7-4-8(6-12)5-10(13-7)18-11-14-15-16-17(11)9-2-3-9/h4-5,9H,2-3,6,12H2,1H3. The lowest BCUT2D eigenvalue weighted by molar-refractivity contribution is 0.565. The van der Waals surface area contributed by atoms with Gasteiger partial charge in [-0.15, -0.1) is 5.10 Å². The Kier molecular flexibility index (Phi) is 3.00. The highest BCUT2D eigenvalue weighted by Crippen LogP contribution is 2.37. The van der Waals surface area contributed by atoms with Crippen LogP contribution in [0.5, 0.6) is 0 Å². The summed E-state index contributed by atoms with van der Waals surface area (Å²) in [5, 5.41) is 13.5. The van der Waals surface area contributed by atoms with E-state index < -0.39 is 0 Å². The Labute approximate surface area is 109 Å². The van der Waals surface area contributed by atoms with E-state index in [0.29, 0.717) is 12.6 Å². The lowest BCUT2D eigenvalue weighted by Crippen LogP contribution is -2.01. The number of aryl methyl sites for hydroxylation is 1. The van der Waals surface area contributed by atoms with Gasteiger partial charge in [0.25, 0.3) is 0 Å². The molecular weight excluding hydrogens is 248 g/mol. The monoisotopic (exact) mass is 262 g/mol. The molecule has 0 unspecified atom stereocenters. The zero-order valence-electron chi connectivity index (χ0n) is 10.1. The van der Waals surface area contributed by atoms with Crippen LogP contribution in [0.15, 0.2) is 22.3 Å². The van der Waals surface area contributed by atoms with Gasteiger partial charge < -0.3 is 5.73 Å². The highest BCUT2D eigenvalue weighted by Gasteiger charge is 2.28. The highest BCUT2D eigenvalue weighted by molar-refractivity contribution is 7.99. The van der Waals surface area contributed by atoms with Crippen LogP contribution < -0.4 is 5.73 Å². The van der Waals surface area contributed by atoms with E-state index in [1.165, 1.54) is 11.8 Å². The van der Waals surface area contributed by atoms with Crippen LogP contribution in [0.2, 0.25) is 0 Å². The van der Waals surface area contributed by atoms with Crippen LogP contribution in [0.1, 0.15) is 30.1 Å². The van der Waals surface area contributed by atoms with Crippen molar-refractivity contribution in [3.63, 3.8) is 0 Å². The van der Waals surface area contributed by atoms with Crippen LogP contribution in [-0.4, -0.2) is 25.2 Å². The molecule has 0 amide bonds. The minimum atomic E-state index is 0.473. The Morgan fingerprint density at radius 2 is 2.28 bits per heavy atom. The van der Waals surface area contributed by atoms with Crippen molar-refractivity contribution >= 4 is 11.8 Å². The predicted octanol–water partition coefficient (Wildman–Crippen LogP) is 1.32. The van der Waals surface area contributed by atoms with Crippen molar-refractivity contribution in [3.05, 3.63) is 23.4 Å². The first-order valence-corrected chi connectivity index (χ1v) is 6.71. The fourth-order valence-corrected chi connectivity index (χ4v) is 2.71. The van der Waals surface area contributed by atoms with Gasteiger partial charge in [0.15, 0.2) is 0 Å². The summed E-state index contributed by atoms with van der Waals surface area (Å²) in [7, 11) is 0. The number of aromatic nitrogens is 5. The molecule has 6 nitrogen and oxygen atoms in total. The average molecular weight is 262 g/mol. The minimum Gasteiger partial charge on any atom is -0.326 e. The second-order valence-corrected chi connectivity index (χ2v) is 5.39. The molecule has 2 N–H and O–H groups in total. The molecule has 1 saturated carbocycles. The first-order chi connectivity index (χ1) is 8.76. The third-order valence-corrected chi connectivity index (χ3v) is 3.65. The van der Waals surface area contributed by atoms with E-state index >= 15 is 0 Å². The Morgan fingerprint density at radius 1 is 1.44 bits per heavy atom. The van der Waals surface area contributed by atoms with E-state index in [1.807, 2.05) is 23.7 Å². The number of hydrogen-bond donors (Lipinski definition) is 1. The van der Waals surface area contributed by atoms with Gasteiger partial charge >= 0.3 is 0 Å². The zero-order valence-corrected chi connectivity index (χ0v) is 10.9. The van der Waals surface area contributed by atoms with Crippen molar-refractivity contribution < 1.29 is 0 Å². The number of hydrogen-bond acceptors (Lipinski definition) is 6. The number of nitrogens with zero attached hydrogens (tertiary/aromatic N) is 5. The molecule has 2 aromatic rings. The summed E-state index contributed by atoms with van der Waals surface area (Å²) in [6.45, 7) is 2.48. The fourth-order valence-electron chi connectivity index (χ4n) is 1.77. The first kappa shape index (κ1) is 11.6. The second kappa shape index (κ2) is 4.66. The number of nitrogens with two attached hydrogens (primary N) is 1. The van der Waals surface area contributed by atoms with Crippen molar-refractivity contribution in [1.29, 1.82) is 0 Å². The van der Waals surface area contributed by atoms with Crippen LogP contribution in [0.25, 0.3) is 0 Å². The molecule has 3 rings (SSSR count). The smallest absolute Gasteiger partial charge is 0.215 e. The van der Waals surface area contributed by atoms with E-state index in [1.54, 1.807) is 0 Å². The second-order valence-electron chi connectivity index (χ2n) is 4.40. The molecule has 0 radical (unpaired) electrons. The predicted molar refractivity (Wildman–Crippen MR) is 67.1 cm³/mol. The van der Waals surface area contributed by atoms with E-state index in [0.717, 1.165) is 34.3 Å². The van der Waals surface area contributed by atoms with Crippen LogP contribution in [0, 0.1) is 6.92 Å². The van der Waals surface area contributed by atoms with E-state index in [-0.39, 0.29) is 0 Å². The van der Waals surface area contributed by atoms with Crippen LogP contribution in [0.3, 0.4) is 0 Å².